The summed E-state index contributed by atoms with van der Waals surface area (Å²) >= 11 is 0. The van der Waals surface area contributed by atoms with Gasteiger partial charge in [0, 0.05) is 6.61 Å². The van der Waals surface area contributed by atoms with Gasteiger partial charge in [-0.05, 0) is 19.3 Å². The lowest BCUT2D eigenvalue weighted by Crippen LogP contribution is -2.23. The first-order valence-electron chi connectivity index (χ1n) is 4.50. The Bertz CT molecular complexity index is 150. The molecule has 12 heavy (non-hydrogen) atoms. The van der Waals surface area contributed by atoms with E-state index in [1.165, 1.54) is 0 Å². The lowest BCUT2D eigenvalue weighted by Gasteiger charge is -2.15. The lowest BCUT2D eigenvalue weighted by molar-refractivity contribution is -0.149. The van der Waals surface area contributed by atoms with Crippen LogP contribution < -0.4 is 0 Å². The molecule has 0 N–H and O–H groups in total. The predicted molar refractivity (Wildman–Crippen MR) is 44.7 cm³/mol. The maximum atomic E-state index is 11.3. The Morgan fingerprint density at radius 3 is 3.00 bits per heavy atom. The monoisotopic (exact) mass is 172 g/mol. The third kappa shape index (κ3) is 2.21. The van der Waals surface area contributed by atoms with E-state index in [-0.39, 0.29) is 11.9 Å². The maximum Gasteiger partial charge on any atom is 0.309 e. The third-order valence-corrected chi connectivity index (χ3v) is 2.33. The van der Waals surface area contributed by atoms with Gasteiger partial charge in [0.25, 0.3) is 0 Å². The molecule has 0 saturated carbocycles. The number of carbonyl (C=O) groups is 1. The van der Waals surface area contributed by atoms with Gasteiger partial charge in [-0.15, -0.1) is 0 Å². The Balaban J connectivity index is 2.34. The minimum atomic E-state index is -0.0898. The van der Waals surface area contributed by atoms with Crippen molar-refractivity contribution in [3.63, 3.8) is 0 Å². The average molecular weight is 172 g/mol. The van der Waals surface area contributed by atoms with Gasteiger partial charge in [-0.1, -0.05) is 6.92 Å². The summed E-state index contributed by atoms with van der Waals surface area (Å²) in [6, 6.07) is 0. The van der Waals surface area contributed by atoms with E-state index in [1.807, 2.05) is 13.8 Å². The fourth-order valence-electron chi connectivity index (χ4n) is 1.41. The minimum Gasteiger partial charge on any atom is -0.466 e. The zero-order valence-electron chi connectivity index (χ0n) is 7.71. The van der Waals surface area contributed by atoms with Crippen molar-refractivity contribution in [2.75, 3.05) is 19.8 Å². The van der Waals surface area contributed by atoms with E-state index in [0.29, 0.717) is 19.1 Å². The smallest absolute Gasteiger partial charge is 0.309 e. The van der Waals surface area contributed by atoms with E-state index in [4.69, 9.17) is 9.47 Å². The van der Waals surface area contributed by atoms with Crippen LogP contribution in [0.15, 0.2) is 0 Å². The standard InChI is InChI=1S/C9H16O3/c1-3-12-9(10)7(2)8-4-5-11-6-8/h7-8H,3-6H2,1-2H3/t7-,8-/m0/s1. The normalized spacial score (nSPS) is 25.3. The first kappa shape index (κ1) is 9.52. The fraction of sp³-hybridized carbons (Fsp3) is 0.889. The molecule has 0 aromatic rings. The Morgan fingerprint density at radius 1 is 1.75 bits per heavy atom. The zero-order valence-corrected chi connectivity index (χ0v) is 7.71. The molecule has 3 heteroatoms. The lowest BCUT2D eigenvalue weighted by atomic mass is 9.94. The molecule has 70 valence electrons. The van der Waals surface area contributed by atoms with Crippen LogP contribution in [-0.2, 0) is 14.3 Å². The number of rotatable bonds is 3. The largest absolute Gasteiger partial charge is 0.466 e. The van der Waals surface area contributed by atoms with Gasteiger partial charge in [-0.2, -0.15) is 0 Å². The van der Waals surface area contributed by atoms with Crippen LogP contribution in [0.3, 0.4) is 0 Å². The topological polar surface area (TPSA) is 35.5 Å². The van der Waals surface area contributed by atoms with E-state index in [1.54, 1.807) is 0 Å². The van der Waals surface area contributed by atoms with Crippen LogP contribution in [0, 0.1) is 11.8 Å². The van der Waals surface area contributed by atoms with Crippen LogP contribution in [0.5, 0.6) is 0 Å². The highest BCUT2D eigenvalue weighted by molar-refractivity contribution is 5.72. The van der Waals surface area contributed by atoms with E-state index >= 15 is 0 Å². The first-order chi connectivity index (χ1) is 5.75. The molecule has 0 aromatic carbocycles. The van der Waals surface area contributed by atoms with Gasteiger partial charge in [-0.25, -0.2) is 0 Å². The summed E-state index contributed by atoms with van der Waals surface area (Å²) in [6.07, 6.45) is 0.986. The quantitative estimate of drug-likeness (QED) is 0.600. The predicted octanol–water partition coefficient (Wildman–Crippen LogP) is 1.22. The Hall–Kier alpha value is -0.570. The number of hydrogen-bond donors (Lipinski definition) is 0. The van der Waals surface area contributed by atoms with Crippen molar-refractivity contribution in [1.29, 1.82) is 0 Å². The van der Waals surface area contributed by atoms with Gasteiger partial charge in [0.15, 0.2) is 0 Å². The molecular formula is C9H16O3. The molecule has 0 bridgehead atoms. The molecule has 1 rings (SSSR count). The second-order valence-corrected chi connectivity index (χ2v) is 3.16. The van der Waals surface area contributed by atoms with Crippen molar-refractivity contribution in [2.45, 2.75) is 20.3 Å². The van der Waals surface area contributed by atoms with Crippen LogP contribution in [-0.4, -0.2) is 25.8 Å². The SMILES string of the molecule is CCOC(=O)[C@@H](C)[C@H]1CCOC1. The van der Waals surface area contributed by atoms with Gasteiger partial charge in [0.1, 0.15) is 0 Å². The molecule has 1 aliphatic rings. The fourth-order valence-corrected chi connectivity index (χ4v) is 1.41. The molecule has 2 atom stereocenters. The first-order valence-corrected chi connectivity index (χ1v) is 4.50. The van der Waals surface area contributed by atoms with Gasteiger partial charge >= 0.3 is 5.97 Å². The molecule has 0 radical (unpaired) electrons. The molecule has 1 aliphatic heterocycles. The van der Waals surface area contributed by atoms with E-state index in [0.717, 1.165) is 13.0 Å². The number of carbonyl (C=O) groups excluding carboxylic acids is 1. The highest BCUT2D eigenvalue weighted by Crippen LogP contribution is 2.22. The van der Waals surface area contributed by atoms with E-state index < -0.39 is 0 Å². The van der Waals surface area contributed by atoms with Crippen molar-refractivity contribution in [1.82, 2.24) is 0 Å². The molecule has 1 saturated heterocycles. The summed E-state index contributed by atoms with van der Waals surface area (Å²) in [6.45, 7) is 5.71. The van der Waals surface area contributed by atoms with Gasteiger partial charge < -0.3 is 9.47 Å². The molecule has 0 aromatic heterocycles. The highest BCUT2D eigenvalue weighted by Gasteiger charge is 2.28. The van der Waals surface area contributed by atoms with Gasteiger partial charge in [0.05, 0.1) is 19.1 Å². The number of esters is 1. The molecule has 0 spiro atoms. The van der Waals surface area contributed by atoms with Crippen molar-refractivity contribution < 1.29 is 14.3 Å². The van der Waals surface area contributed by atoms with Crippen LogP contribution in [0.1, 0.15) is 20.3 Å². The van der Waals surface area contributed by atoms with Crippen LogP contribution in [0.25, 0.3) is 0 Å². The average Bonchev–Trinajstić information content (AvgIpc) is 2.55. The van der Waals surface area contributed by atoms with Crippen LogP contribution in [0.4, 0.5) is 0 Å². The van der Waals surface area contributed by atoms with Crippen molar-refractivity contribution in [3.8, 4) is 0 Å². The van der Waals surface area contributed by atoms with E-state index in [2.05, 4.69) is 0 Å². The summed E-state index contributed by atoms with van der Waals surface area (Å²) in [4.78, 5) is 11.3. The summed E-state index contributed by atoms with van der Waals surface area (Å²) in [7, 11) is 0. The summed E-state index contributed by atoms with van der Waals surface area (Å²) in [5.41, 5.74) is 0. The third-order valence-electron chi connectivity index (χ3n) is 2.33. The summed E-state index contributed by atoms with van der Waals surface area (Å²) in [5, 5.41) is 0. The second-order valence-electron chi connectivity index (χ2n) is 3.16. The summed E-state index contributed by atoms with van der Waals surface area (Å²) in [5.74, 6) is 0.268. The summed E-state index contributed by atoms with van der Waals surface area (Å²) < 4.78 is 10.1. The Labute approximate surface area is 73.0 Å². The molecule has 3 nitrogen and oxygen atoms in total. The van der Waals surface area contributed by atoms with Crippen molar-refractivity contribution in [3.05, 3.63) is 0 Å². The number of hydrogen-bond acceptors (Lipinski definition) is 3. The van der Waals surface area contributed by atoms with E-state index in [9.17, 15) is 4.79 Å². The molecule has 0 unspecified atom stereocenters. The molecule has 1 fully saturated rings. The molecular weight excluding hydrogens is 156 g/mol. The van der Waals surface area contributed by atoms with Crippen LogP contribution in [0.2, 0.25) is 0 Å². The molecule has 0 aliphatic carbocycles. The molecule has 1 heterocycles. The van der Waals surface area contributed by atoms with Crippen LogP contribution >= 0.6 is 0 Å². The molecule has 0 amide bonds. The number of ether oxygens (including phenoxy) is 2. The zero-order chi connectivity index (χ0) is 8.97. The Morgan fingerprint density at radius 2 is 2.50 bits per heavy atom. The van der Waals surface area contributed by atoms with Crippen molar-refractivity contribution in [2.24, 2.45) is 11.8 Å². The van der Waals surface area contributed by atoms with Gasteiger partial charge in [-0.3, -0.25) is 4.79 Å². The van der Waals surface area contributed by atoms with Gasteiger partial charge in [0.2, 0.25) is 0 Å². The Kier molecular flexibility index (Phi) is 3.53. The van der Waals surface area contributed by atoms with Crippen molar-refractivity contribution >= 4 is 5.97 Å². The highest BCUT2D eigenvalue weighted by atomic mass is 16.5. The second kappa shape index (κ2) is 4.45. The maximum absolute atomic E-state index is 11.3. The minimum absolute atomic E-state index is 0.00699.